The standard InChI is InChI=1S/C14H14N2O3/c17-14(18-11-7-2-1-3-8-11)15-13-9-12(19-16-13)10-5-4-6-10/h1-3,7-10H,4-6H2,(H,15,16,17). The Morgan fingerprint density at radius 1 is 1.32 bits per heavy atom. The van der Waals surface area contributed by atoms with E-state index in [1.807, 2.05) is 6.07 Å². The minimum absolute atomic E-state index is 0.392. The first-order chi connectivity index (χ1) is 9.31. The van der Waals surface area contributed by atoms with Crippen molar-refractivity contribution >= 4 is 11.9 Å². The number of ether oxygens (including phenoxy) is 1. The van der Waals surface area contributed by atoms with Crippen LogP contribution in [0.5, 0.6) is 5.75 Å². The van der Waals surface area contributed by atoms with E-state index in [1.54, 1.807) is 30.3 Å². The molecule has 0 spiro atoms. The maximum absolute atomic E-state index is 11.6. The van der Waals surface area contributed by atoms with Gasteiger partial charge in [-0.3, -0.25) is 5.32 Å². The first kappa shape index (κ1) is 11.8. The Balaban J connectivity index is 1.58. The number of benzene rings is 1. The average molecular weight is 258 g/mol. The molecule has 98 valence electrons. The molecule has 1 aromatic heterocycles. The van der Waals surface area contributed by atoms with Crippen molar-refractivity contribution in [1.29, 1.82) is 0 Å². The lowest BCUT2D eigenvalue weighted by Crippen LogP contribution is -2.16. The van der Waals surface area contributed by atoms with E-state index in [0.29, 0.717) is 17.5 Å². The van der Waals surface area contributed by atoms with Gasteiger partial charge in [0.05, 0.1) is 0 Å². The second kappa shape index (κ2) is 5.14. The third-order valence-corrected chi connectivity index (χ3v) is 3.22. The number of para-hydroxylation sites is 1. The lowest BCUT2D eigenvalue weighted by Gasteiger charge is -2.21. The summed E-state index contributed by atoms with van der Waals surface area (Å²) in [6, 6.07) is 10.6. The maximum atomic E-state index is 11.6. The molecule has 3 rings (SSSR count). The van der Waals surface area contributed by atoms with Crippen molar-refractivity contribution in [1.82, 2.24) is 5.16 Å². The van der Waals surface area contributed by atoms with Gasteiger partial charge >= 0.3 is 6.09 Å². The highest BCUT2D eigenvalue weighted by Gasteiger charge is 2.24. The maximum Gasteiger partial charge on any atom is 0.418 e. The summed E-state index contributed by atoms with van der Waals surface area (Å²) in [5.74, 6) is 2.17. The number of hydrogen-bond acceptors (Lipinski definition) is 4. The van der Waals surface area contributed by atoms with Crippen LogP contribution in [0.2, 0.25) is 0 Å². The van der Waals surface area contributed by atoms with Gasteiger partial charge in [0.15, 0.2) is 5.82 Å². The third-order valence-electron chi connectivity index (χ3n) is 3.22. The molecular weight excluding hydrogens is 244 g/mol. The van der Waals surface area contributed by atoms with Crippen molar-refractivity contribution < 1.29 is 14.1 Å². The third kappa shape index (κ3) is 2.76. The van der Waals surface area contributed by atoms with E-state index in [1.165, 1.54) is 6.42 Å². The van der Waals surface area contributed by atoms with Gasteiger partial charge in [0, 0.05) is 12.0 Å². The van der Waals surface area contributed by atoms with Crippen LogP contribution in [0.25, 0.3) is 0 Å². The summed E-state index contributed by atoms with van der Waals surface area (Å²) in [6.45, 7) is 0. The monoisotopic (exact) mass is 258 g/mol. The molecule has 1 aromatic carbocycles. The van der Waals surface area contributed by atoms with Crippen LogP contribution in [0.4, 0.5) is 10.6 Å². The molecule has 0 aliphatic heterocycles. The Bertz CT molecular complexity index is 561. The summed E-state index contributed by atoms with van der Waals surface area (Å²) >= 11 is 0. The van der Waals surface area contributed by atoms with Crippen molar-refractivity contribution in [3.05, 3.63) is 42.2 Å². The summed E-state index contributed by atoms with van der Waals surface area (Å²) in [7, 11) is 0. The van der Waals surface area contributed by atoms with Gasteiger partial charge in [-0.25, -0.2) is 4.79 Å². The van der Waals surface area contributed by atoms with E-state index in [2.05, 4.69) is 10.5 Å². The predicted octanol–water partition coefficient (Wildman–Crippen LogP) is 3.55. The van der Waals surface area contributed by atoms with Gasteiger partial charge in [0.1, 0.15) is 11.5 Å². The number of amides is 1. The van der Waals surface area contributed by atoms with Crippen molar-refractivity contribution in [3.8, 4) is 5.75 Å². The van der Waals surface area contributed by atoms with Crippen LogP contribution in [0.1, 0.15) is 30.9 Å². The van der Waals surface area contributed by atoms with E-state index in [4.69, 9.17) is 9.26 Å². The van der Waals surface area contributed by atoms with Crippen LogP contribution in [-0.4, -0.2) is 11.2 Å². The SMILES string of the molecule is O=C(Nc1cc(C2CCC2)on1)Oc1ccccc1. The summed E-state index contributed by atoms with van der Waals surface area (Å²) < 4.78 is 10.3. The highest BCUT2D eigenvalue weighted by molar-refractivity contribution is 5.85. The molecule has 1 N–H and O–H groups in total. The fourth-order valence-electron chi connectivity index (χ4n) is 1.96. The first-order valence-electron chi connectivity index (χ1n) is 6.32. The second-order valence-electron chi connectivity index (χ2n) is 4.57. The lowest BCUT2D eigenvalue weighted by atomic mass is 9.84. The molecule has 19 heavy (non-hydrogen) atoms. The molecule has 5 heteroatoms. The Kier molecular flexibility index (Phi) is 3.18. The van der Waals surface area contributed by atoms with Crippen LogP contribution >= 0.6 is 0 Å². The molecule has 1 fully saturated rings. The Hall–Kier alpha value is -2.30. The van der Waals surface area contributed by atoms with E-state index in [0.717, 1.165) is 18.6 Å². The van der Waals surface area contributed by atoms with Crippen molar-refractivity contribution in [2.75, 3.05) is 5.32 Å². The fraction of sp³-hybridized carbons (Fsp3) is 0.286. The average Bonchev–Trinajstić information content (AvgIpc) is 2.76. The largest absolute Gasteiger partial charge is 0.418 e. The van der Waals surface area contributed by atoms with Crippen LogP contribution in [-0.2, 0) is 0 Å². The van der Waals surface area contributed by atoms with Crippen LogP contribution in [0.15, 0.2) is 40.9 Å². The van der Waals surface area contributed by atoms with E-state index in [9.17, 15) is 4.79 Å². The van der Waals surface area contributed by atoms with Gasteiger partial charge in [-0.2, -0.15) is 0 Å². The number of nitrogens with one attached hydrogen (secondary N) is 1. The summed E-state index contributed by atoms with van der Waals surface area (Å²) in [5.41, 5.74) is 0. The van der Waals surface area contributed by atoms with Crippen molar-refractivity contribution in [2.45, 2.75) is 25.2 Å². The molecule has 0 saturated heterocycles. The highest BCUT2D eigenvalue weighted by Crippen LogP contribution is 2.37. The zero-order valence-corrected chi connectivity index (χ0v) is 10.3. The van der Waals surface area contributed by atoms with E-state index >= 15 is 0 Å². The minimum atomic E-state index is -0.570. The number of anilines is 1. The quantitative estimate of drug-likeness (QED) is 0.914. The van der Waals surface area contributed by atoms with Crippen LogP contribution in [0.3, 0.4) is 0 Å². The van der Waals surface area contributed by atoms with Gasteiger partial charge in [-0.05, 0) is 25.0 Å². The number of carbonyl (C=O) groups is 1. The van der Waals surface area contributed by atoms with Crippen LogP contribution in [0, 0.1) is 0 Å². The van der Waals surface area contributed by atoms with Crippen molar-refractivity contribution in [2.24, 2.45) is 0 Å². The van der Waals surface area contributed by atoms with Gasteiger partial charge in [-0.1, -0.05) is 29.8 Å². The van der Waals surface area contributed by atoms with Gasteiger partial charge in [0.25, 0.3) is 0 Å². The topological polar surface area (TPSA) is 64.4 Å². The number of carbonyl (C=O) groups excluding carboxylic acids is 1. The number of hydrogen-bond donors (Lipinski definition) is 1. The molecule has 0 atom stereocenters. The molecule has 1 heterocycles. The van der Waals surface area contributed by atoms with Gasteiger partial charge in [0.2, 0.25) is 0 Å². The van der Waals surface area contributed by atoms with Crippen LogP contribution < -0.4 is 10.1 Å². The molecule has 0 bridgehead atoms. The molecule has 1 aliphatic carbocycles. The first-order valence-corrected chi connectivity index (χ1v) is 6.32. The zero-order valence-electron chi connectivity index (χ0n) is 10.3. The Morgan fingerprint density at radius 2 is 2.11 bits per heavy atom. The van der Waals surface area contributed by atoms with E-state index in [-0.39, 0.29) is 0 Å². The molecule has 1 amide bonds. The summed E-state index contributed by atoms with van der Waals surface area (Å²) in [5, 5.41) is 6.36. The number of rotatable bonds is 3. The Morgan fingerprint density at radius 3 is 2.79 bits per heavy atom. The molecule has 1 aliphatic rings. The fourth-order valence-corrected chi connectivity index (χ4v) is 1.96. The molecule has 5 nitrogen and oxygen atoms in total. The second-order valence-corrected chi connectivity index (χ2v) is 4.57. The van der Waals surface area contributed by atoms with Gasteiger partial charge < -0.3 is 9.26 Å². The molecule has 0 radical (unpaired) electrons. The number of nitrogens with zero attached hydrogens (tertiary/aromatic N) is 1. The highest BCUT2D eigenvalue weighted by atomic mass is 16.6. The molecule has 1 saturated carbocycles. The molecule has 2 aromatic rings. The zero-order chi connectivity index (χ0) is 13.1. The normalized spacial score (nSPS) is 14.7. The van der Waals surface area contributed by atoms with E-state index < -0.39 is 6.09 Å². The Labute approximate surface area is 110 Å². The smallest absolute Gasteiger partial charge is 0.410 e. The minimum Gasteiger partial charge on any atom is -0.410 e. The van der Waals surface area contributed by atoms with Crippen molar-refractivity contribution in [3.63, 3.8) is 0 Å². The number of aromatic nitrogens is 1. The molecule has 0 unspecified atom stereocenters. The summed E-state index contributed by atoms with van der Waals surface area (Å²) in [6.07, 6.45) is 2.91. The summed E-state index contributed by atoms with van der Waals surface area (Å²) in [4.78, 5) is 11.6. The van der Waals surface area contributed by atoms with Gasteiger partial charge in [-0.15, -0.1) is 0 Å². The lowest BCUT2D eigenvalue weighted by molar-refractivity contribution is 0.215. The predicted molar refractivity (Wildman–Crippen MR) is 69.2 cm³/mol. The molecular formula is C14H14N2O3.